The maximum absolute atomic E-state index is 13.2. The van der Waals surface area contributed by atoms with Gasteiger partial charge in [-0.15, -0.1) is 0 Å². The molecule has 0 saturated carbocycles. The fourth-order valence-electron chi connectivity index (χ4n) is 2.36. The molecule has 2 atom stereocenters. The molecule has 4 heteroatoms. The summed E-state index contributed by atoms with van der Waals surface area (Å²) in [4.78, 5) is 2.46. The van der Waals surface area contributed by atoms with E-state index in [4.69, 9.17) is 0 Å². The largest absolute Gasteiger partial charge is 0.311 e. The Kier molecular flexibility index (Phi) is 4.76. The molecule has 18 heavy (non-hydrogen) atoms. The van der Waals surface area contributed by atoms with Gasteiger partial charge in [-0.05, 0) is 47.0 Å². The summed E-state index contributed by atoms with van der Waals surface area (Å²) >= 11 is 3.25. The number of hydrogen-bond donors (Lipinski definition) is 1. The van der Waals surface area contributed by atoms with Gasteiger partial charge in [0.15, 0.2) is 0 Å². The van der Waals surface area contributed by atoms with E-state index in [0.29, 0.717) is 16.6 Å². The van der Waals surface area contributed by atoms with Crippen LogP contribution in [0.4, 0.5) is 4.39 Å². The molecular formula is C14H20BrFN2. The van der Waals surface area contributed by atoms with Gasteiger partial charge in [-0.3, -0.25) is 4.90 Å². The molecule has 1 N–H and O–H groups in total. The van der Waals surface area contributed by atoms with E-state index in [0.717, 1.165) is 31.6 Å². The molecular weight excluding hydrogens is 295 g/mol. The first-order chi connectivity index (χ1) is 8.60. The van der Waals surface area contributed by atoms with E-state index in [1.165, 1.54) is 6.07 Å². The zero-order valence-corrected chi connectivity index (χ0v) is 12.5. The minimum atomic E-state index is -0.196. The van der Waals surface area contributed by atoms with Crippen LogP contribution in [0.25, 0.3) is 0 Å². The molecule has 1 aliphatic heterocycles. The van der Waals surface area contributed by atoms with Gasteiger partial charge in [0.1, 0.15) is 5.82 Å². The summed E-state index contributed by atoms with van der Waals surface area (Å²) in [5, 5.41) is 3.54. The summed E-state index contributed by atoms with van der Waals surface area (Å²) in [6, 6.07) is 6.38. The monoisotopic (exact) mass is 314 g/mol. The van der Waals surface area contributed by atoms with E-state index in [-0.39, 0.29) is 5.82 Å². The van der Waals surface area contributed by atoms with Gasteiger partial charge in [-0.1, -0.05) is 13.0 Å². The molecule has 1 fully saturated rings. The zero-order valence-electron chi connectivity index (χ0n) is 10.9. The summed E-state index contributed by atoms with van der Waals surface area (Å²) in [7, 11) is 0. The SMILES string of the molecule is CCC1CN(Cc2ccc(F)c(Br)c2)C(C)CN1. The van der Waals surface area contributed by atoms with Crippen LogP contribution in [-0.2, 0) is 6.54 Å². The lowest BCUT2D eigenvalue weighted by atomic mass is 10.1. The van der Waals surface area contributed by atoms with E-state index in [1.54, 1.807) is 0 Å². The molecule has 100 valence electrons. The summed E-state index contributed by atoms with van der Waals surface area (Å²) in [6.45, 7) is 7.42. The molecule has 1 heterocycles. The molecule has 1 aliphatic rings. The second-order valence-corrected chi connectivity index (χ2v) is 5.89. The zero-order chi connectivity index (χ0) is 13.1. The van der Waals surface area contributed by atoms with Gasteiger partial charge in [-0.2, -0.15) is 0 Å². The van der Waals surface area contributed by atoms with Crippen LogP contribution < -0.4 is 5.32 Å². The molecule has 1 aromatic rings. The second kappa shape index (κ2) is 6.13. The average molecular weight is 315 g/mol. The Labute approximate surface area is 117 Å². The summed E-state index contributed by atoms with van der Waals surface area (Å²) in [5.41, 5.74) is 1.16. The molecule has 1 aromatic carbocycles. The lowest BCUT2D eigenvalue weighted by molar-refractivity contribution is 0.131. The van der Waals surface area contributed by atoms with E-state index in [2.05, 4.69) is 40.0 Å². The molecule has 2 nitrogen and oxygen atoms in total. The molecule has 1 saturated heterocycles. The maximum Gasteiger partial charge on any atom is 0.137 e. The highest BCUT2D eigenvalue weighted by Crippen LogP contribution is 2.19. The number of piperazine rings is 1. The molecule has 0 radical (unpaired) electrons. The van der Waals surface area contributed by atoms with Crippen LogP contribution >= 0.6 is 15.9 Å². The number of rotatable bonds is 3. The lowest BCUT2D eigenvalue weighted by Gasteiger charge is -2.38. The summed E-state index contributed by atoms with van der Waals surface area (Å²) in [5.74, 6) is -0.196. The van der Waals surface area contributed by atoms with Crippen molar-refractivity contribution in [3.63, 3.8) is 0 Å². The number of halogens is 2. The highest BCUT2D eigenvalue weighted by Gasteiger charge is 2.23. The third-order valence-electron chi connectivity index (χ3n) is 3.64. The normalized spacial score (nSPS) is 25.3. The van der Waals surface area contributed by atoms with Gasteiger partial charge in [0.2, 0.25) is 0 Å². The van der Waals surface area contributed by atoms with Crippen LogP contribution in [0.2, 0.25) is 0 Å². The van der Waals surface area contributed by atoms with Gasteiger partial charge < -0.3 is 5.32 Å². The topological polar surface area (TPSA) is 15.3 Å². The van der Waals surface area contributed by atoms with Gasteiger partial charge in [-0.25, -0.2) is 4.39 Å². The quantitative estimate of drug-likeness (QED) is 0.922. The molecule has 0 bridgehead atoms. The van der Waals surface area contributed by atoms with Crippen LogP contribution in [0.1, 0.15) is 25.8 Å². The van der Waals surface area contributed by atoms with Crippen molar-refractivity contribution in [2.75, 3.05) is 13.1 Å². The average Bonchev–Trinajstić information content (AvgIpc) is 2.36. The van der Waals surface area contributed by atoms with Gasteiger partial charge in [0.25, 0.3) is 0 Å². The van der Waals surface area contributed by atoms with Crippen molar-refractivity contribution in [3.05, 3.63) is 34.1 Å². The van der Waals surface area contributed by atoms with Crippen LogP contribution in [0.5, 0.6) is 0 Å². The minimum absolute atomic E-state index is 0.196. The lowest BCUT2D eigenvalue weighted by Crippen LogP contribution is -2.54. The second-order valence-electron chi connectivity index (χ2n) is 5.04. The fraction of sp³-hybridized carbons (Fsp3) is 0.571. The van der Waals surface area contributed by atoms with Gasteiger partial charge >= 0.3 is 0 Å². The first kappa shape index (κ1) is 14.0. The van der Waals surface area contributed by atoms with Crippen molar-refractivity contribution in [2.24, 2.45) is 0 Å². The van der Waals surface area contributed by atoms with E-state index in [9.17, 15) is 4.39 Å². The van der Waals surface area contributed by atoms with Crippen molar-refractivity contribution in [3.8, 4) is 0 Å². The van der Waals surface area contributed by atoms with E-state index >= 15 is 0 Å². The van der Waals surface area contributed by atoms with Crippen LogP contribution in [0.3, 0.4) is 0 Å². The van der Waals surface area contributed by atoms with E-state index in [1.807, 2.05) is 12.1 Å². The highest BCUT2D eigenvalue weighted by atomic mass is 79.9. The number of nitrogens with one attached hydrogen (secondary N) is 1. The Morgan fingerprint density at radius 1 is 1.50 bits per heavy atom. The van der Waals surface area contributed by atoms with Crippen molar-refractivity contribution < 1.29 is 4.39 Å². The third-order valence-corrected chi connectivity index (χ3v) is 4.25. The highest BCUT2D eigenvalue weighted by molar-refractivity contribution is 9.10. The van der Waals surface area contributed by atoms with Crippen LogP contribution in [0.15, 0.2) is 22.7 Å². The molecule has 0 aromatic heterocycles. The standard InChI is InChI=1S/C14H20BrFN2/c1-3-12-9-18(10(2)7-17-12)8-11-4-5-14(16)13(15)6-11/h4-6,10,12,17H,3,7-9H2,1-2H3. The first-order valence-corrected chi connectivity index (χ1v) is 7.30. The van der Waals surface area contributed by atoms with Crippen molar-refractivity contribution in [1.82, 2.24) is 10.2 Å². The number of nitrogens with zero attached hydrogens (tertiary/aromatic N) is 1. The molecule has 2 rings (SSSR count). The molecule has 2 unspecified atom stereocenters. The van der Waals surface area contributed by atoms with Gasteiger partial charge in [0, 0.05) is 31.7 Å². The van der Waals surface area contributed by atoms with E-state index < -0.39 is 0 Å². The summed E-state index contributed by atoms with van der Waals surface area (Å²) in [6.07, 6.45) is 1.15. The van der Waals surface area contributed by atoms with Crippen LogP contribution in [0, 0.1) is 5.82 Å². The molecule has 0 aliphatic carbocycles. The van der Waals surface area contributed by atoms with Crippen molar-refractivity contribution in [1.29, 1.82) is 0 Å². The number of benzene rings is 1. The predicted molar refractivity (Wildman–Crippen MR) is 76.1 cm³/mol. The summed E-state index contributed by atoms with van der Waals surface area (Å²) < 4.78 is 13.8. The Hall–Kier alpha value is -0.450. The predicted octanol–water partition coefficient (Wildman–Crippen LogP) is 3.16. The Morgan fingerprint density at radius 2 is 2.28 bits per heavy atom. The van der Waals surface area contributed by atoms with Gasteiger partial charge in [0.05, 0.1) is 4.47 Å². The molecule has 0 amide bonds. The molecule has 0 spiro atoms. The first-order valence-electron chi connectivity index (χ1n) is 6.51. The fourth-order valence-corrected chi connectivity index (χ4v) is 2.79. The maximum atomic E-state index is 13.2. The van der Waals surface area contributed by atoms with Crippen molar-refractivity contribution in [2.45, 2.75) is 38.9 Å². The number of hydrogen-bond acceptors (Lipinski definition) is 2. The van der Waals surface area contributed by atoms with Crippen LogP contribution in [-0.4, -0.2) is 30.1 Å². The Morgan fingerprint density at radius 3 is 2.94 bits per heavy atom. The third kappa shape index (κ3) is 3.31. The minimum Gasteiger partial charge on any atom is -0.311 e. The smallest absolute Gasteiger partial charge is 0.137 e. The Bertz CT molecular complexity index is 411. The van der Waals surface area contributed by atoms with Crippen molar-refractivity contribution >= 4 is 15.9 Å². The Balaban J connectivity index is 2.04.